The monoisotopic (exact) mass is 517 g/mol. The van der Waals surface area contributed by atoms with Gasteiger partial charge in [0.05, 0.1) is 26.1 Å². The Morgan fingerprint density at radius 1 is 1.18 bits per heavy atom. The molecule has 0 saturated carbocycles. The highest BCUT2D eigenvalue weighted by Gasteiger charge is 2.31. The summed E-state index contributed by atoms with van der Waals surface area (Å²) in [5, 5.41) is 20.4. The number of benzene rings is 2. The molecule has 4 rings (SSSR count). The number of aliphatic imine (C=N–C) groups is 1. The fourth-order valence-electron chi connectivity index (χ4n) is 3.01. The third kappa shape index (κ3) is 4.69. The summed E-state index contributed by atoms with van der Waals surface area (Å²) in [5.74, 6) is -0.649. The van der Waals surface area contributed by atoms with Gasteiger partial charge in [-0.3, -0.25) is 19.8 Å². The average Bonchev–Trinajstić information content (AvgIpc) is 3.36. The molecule has 172 valence electrons. The second kappa shape index (κ2) is 9.34. The Hall–Kier alpha value is -3.60. The van der Waals surface area contributed by atoms with Crippen LogP contribution in [0.25, 0.3) is 17.4 Å². The van der Waals surface area contributed by atoms with E-state index in [9.17, 15) is 19.7 Å². The van der Waals surface area contributed by atoms with Crippen LogP contribution in [0.4, 0.5) is 11.4 Å². The van der Waals surface area contributed by atoms with Crippen molar-refractivity contribution in [2.45, 2.75) is 0 Å². The SMILES string of the molecule is CN1C(=O)/C(=C\c2ccc(-c3cc(Cl)c([N+](=O)[O-])cc3Cl)o2)SC1=Nc1ccc(C(=O)O)cc1. The fourth-order valence-corrected chi connectivity index (χ4v) is 4.46. The Kier molecular flexibility index (Phi) is 6.47. The zero-order chi connectivity index (χ0) is 24.6. The second-order valence-electron chi connectivity index (χ2n) is 6.96. The van der Waals surface area contributed by atoms with Crippen LogP contribution in [0.3, 0.4) is 0 Å². The Labute approximate surface area is 206 Å². The van der Waals surface area contributed by atoms with Crippen molar-refractivity contribution in [1.82, 2.24) is 4.90 Å². The van der Waals surface area contributed by atoms with E-state index in [1.807, 2.05) is 0 Å². The molecule has 3 aromatic rings. The number of aromatic carboxylic acids is 1. The van der Waals surface area contributed by atoms with Gasteiger partial charge in [-0.15, -0.1) is 0 Å². The predicted octanol–water partition coefficient (Wildman–Crippen LogP) is 6.09. The molecule has 12 heteroatoms. The average molecular weight is 518 g/mol. The molecule has 9 nitrogen and oxygen atoms in total. The molecular weight excluding hydrogens is 505 g/mol. The largest absolute Gasteiger partial charge is 0.478 e. The summed E-state index contributed by atoms with van der Waals surface area (Å²) in [4.78, 5) is 40.2. The van der Waals surface area contributed by atoms with E-state index in [1.165, 1.54) is 23.1 Å². The van der Waals surface area contributed by atoms with Crippen molar-refractivity contribution >= 4 is 69.5 Å². The van der Waals surface area contributed by atoms with Crippen LogP contribution in [0.1, 0.15) is 16.1 Å². The summed E-state index contributed by atoms with van der Waals surface area (Å²) in [5.41, 5.74) is 0.690. The number of nitro groups is 1. The Morgan fingerprint density at radius 2 is 1.88 bits per heavy atom. The zero-order valence-corrected chi connectivity index (χ0v) is 19.5. The van der Waals surface area contributed by atoms with Gasteiger partial charge >= 0.3 is 5.97 Å². The van der Waals surface area contributed by atoms with E-state index < -0.39 is 10.9 Å². The molecule has 1 aliphatic rings. The van der Waals surface area contributed by atoms with Gasteiger partial charge in [-0.2, -0.15) is 0 Å². The van der Waals surface area contributed by atoms with Gasteiger partial charge < -0.3 is 9.52 Å². The van der Waals surface area contributed by atoms with Crippen molar-refractivity contribution in [3.63, 3.8) is 0 Å². The van der Waals surface area contributed by atoms with Gasteiger partial charge in [0.1, 0.15) is 16.5 Å². The maximum Gasteiger partial charge on any atom is 0.335 e. The molecule has 34 heavy (non-hydrogen) atoms. The summed E-state index contributed by atoms with van der Waals surface area (Å²) < 4.78 is 5.77. The molecule has 1 amide bonds. The van der Waals surface area contributed by atoms with Gasteiger partial charge in [0.25, 0.3) is 11.6 Å². The molecule has 1 fully saturated rings. The molecule has 0 aliphatic carbocycles. The summed E-state index contributed by atoms with van der Waals surface area (Å²) in [6, 6.07) is 11.7. The summed E-state index contributed by atoms with van der Waals surface area (Å²) in [6.07, 6.45) is 1.55. The molecule has 2 heterocycles. The van der Waals surface area contributed by atoms with Gasteiger partial charge in [0.15, 0.2) is 5.17 Å². The van der Waals surface area contributed by atoms with Gasteiger partial charge in [0, 0.05) is 24.8 Å². The topological polar surface area (TPSA) is 126 Å². The van der Waals surface area contributed by atoms with Crippen LogP contribution < -0.4 is 0 Å². The van der Waals surface area contributed by atoms with E-state index in [0.717, 1.165) is 17.8 Å². The van der Waals surface area contributed by atoms with Crippen LogP contribution >= 0.6 is 35.0 Å². The number of carboxylic acids is 1. The number of carbonyl (C=O) groups is 2. The van der Waals surface area contributed by atoms with Crippen LogP contribution in [0.15, 0.2) is 62.8 Å². The molecule has 1 aromatic heterocycles. The number of nitrogens with zero attached hydrogens (tertiary/aromatic N) is 3. The number of likely N-dealkylation sites (N-methyl/N-ethyl adjacent to an activating group) is 1. The molecule has 1 N–H and O–H groups in total. The fraction of sp³-hybridized carbons (Fsp3) is 0.0455. The number of nitro benzene ring substituents is 1. The second-order valence-corrected chi connectivity index (χ2v) is 8.79. The Bertz CT molecular complexity index is 1400. The summed E-state index contributed by atoms with van der Waals surface area (Å²) >= 11 is 13.3. The molecule has 0 spiro atoms. The van der Waals surface area contributed by atoms with E-state index in [1.54, 1.807) is 37.4 Å². The van der Waals surface area contributed by atoms with E-state index >= 15 is 0 Å². The number of halogens is 2. The third-order valence-electron chi connectivity index (χ3n) is 4.74. The zero-order valence-electron chi connectivity index (χ0n) is 17.2. The van der Waals surface area contributed by atoms with Crippen LogP contribution in [0, 0.1) is 10.1 Å². The van der Waals surface area contributed by atoms with Crippen LogP contribution in [0.2, 0.25) is 10.0 Å². The number of furan rings is 1. The molecule has 0 unspecified atom stereocenters. The number of carbonyl (C=O) groups excluding carboxylic acids is 1. The van der Waals surface area contributed by atoms with Crippen molar-refractivity contribution < 1.29 is 24.0 Å². The van der Waals surface area contributed by atoms with Gasteiger partial charge in [-0.1, -0.05) is 23.2 Å². The molecule has 1 saturated heterocycles. The lowest BCUT2D eigenvalue weighted by Crippen LogP contribution is -2.23. The highest BCUT2D eigenvalue weighted by Crippen LogP contribution is 2.38. The van der Waals surface area contributed by atoms with Gasteiger partial charge in [0.2, 0.25) is 0 Å². The lowest BCUT2D eigenvalue weighted by molar-refractivity contribution is -0.384. The van der Waals surface area contributed by atoms with Crippen LogP contribution in [-0.4, -0.2) is 39.0 Å². The van der Waals surface area contributed by atoms with Crippen LogP contribution in [-0.2, 0) is 4.79 Å². The van der Waals surface area contributed by atoms with Crippen molar-refractivity contribution in [3.8, 4) is 11.3 Å². The minimum atomic E-state index is -1.04. The number of amides is 1. The quantitative estimate of drug-likeness (QED) is 0.246. The summed E-state index contributed by atoms with van der Waals surface area (Å²) in [7, 11) is 1.58. The summed E-state index contributed by atoms with van der Waals surface area (Å²) in [6.45, 7) is 0. The molecule has 0 bridgehead atoms. The molecule has 0 atom stereocenters. The first-order chi connectivity index (χ1) is 16.1. The molecule has 1 aliphatic heterocycles. The number of hydrogen-bond donors (Lipinski definition) is 1. The highest BCUT2D eigenvalue weighted by molar-refractivity contribution is 8.18. The van der Waals surface area contributed by atoms with Gasteiger partial charge in [-0.05, 0) is 54.2 Å². The number of carboxylic acid groups (broad SMARTS) is 1. The minimum absolute atomic E-state index is 0.0823. The van der Waals surface area contributed by atoms with E-state index in [4.69, 9.17) is 32.7 Å². The molecule has 2 aromatic carbocycles. The van der Waals surface area contributed by atoms with E-state index in [0.29, 0.717) is 32.8 Å². The van der Waals surface area contributed by atoms with Gasteiger partial charge in [-0.25, -0.2) is 9.79 Å². The minimum Gasteiger partial charge on any atom is -0.478 e. The third-order valence-corrected chi connectivity index (χ3v) is 6.42. The first-order valence-electron chi connectivity index (χ1n) is 9.47. The first-order valence-corrected chi connectivity index (χ1v) is 11.0. The van der Waals surface area contributed by atoms with Crippen molar-refractivity contribution in [2.24, 2.45) is 4.99 Å². The van der Waals surface area contributed by atoms with Crippen molar-refractivity contribution in [1.29, 1.82) is 0 Å². The van der Waals surface area contributed by atoms with E-state index in [-0.39, 0.29) is 27.2 Å². The van der Waals surface area contributed by atoms with Crippen molar-refractivity contribution in [3.05, 3.63) is 84.9 Å². The number of amidine groups is 1. The maximum absolute atomic E-state index is 12.7. The number of hydrogen-bond acceptors (Lipinski definition) is 7. The number of thioether (sulfide) groups is 1. The molecule has 0 radical (unpaired) electrons. The Balaban J connectivity index is 1.59. The molecular formula is C22H13Cl2N3O6S. The lowest BCUT2D eigenvalue weighted by atomic mass is 10.1. The maximum atomic E-state index is 12.7. The van der Waals surface area contributed by atoms with Crippen molar-refractivity contribution in [2.75, 3.05) is 7.05 Å². The van der Waals surface area contributed by atoms with Crippen LogP contribution in [0.5, 0.6) is 0 Å². The first kappa shape index (κ1) is 23.6. The Morgan fingerprint density at radius 3 is 2.53 bits per heavy atom. The lowest BCUT2D eigenvalue weighted by Gasteiger charge is -2.07. The smallest absolute Gasteiger partial charge is 0.335 e. The predicted molar refractivity (Wildman–Crippen MR) is 130 cm³/mol. The number of rotatable bonds is 5. The normalized spacial score (nSPS) is 16.0. The highest BCUT2D eigenvalue weighted by atomic mass is 35.5. The van der Waals surface area contributed by atoms with E-state index in [2.05, 4.69) is 4.99 Å². The standard InChI is InChI=1S/C22H13Cl2N3O6S/c1-26-20(28)19(34-22(26)25-12-4-2-11(3-5-12)21(29)30)8-13-6-7-18(33-13)14-9-16(24)17(27(31)32)10-15(14)23/h2-10H,1H3,(H,29,30)/b19-8+,25-22?.